The second kappa shape index (κ2) is 11.9. The SMILES string of the molecule is CCCCS(=O)(=O)N1CCC(Nc2cccc(-c3sc(C(=O)O)c(OCC(=O)OC)c3C)c2)CC1. The number of sulfonamides is 1. The van der Waals surface area contributed by atoms with Crippen LogP contribution in [0.15, 0.2) is 24.3 Å². The van der Waals surface area contributed by atoms with Crippen LogP contribution in [0.2, 0.25) is 0 Å². The van der Waals surface area contributed by atoms with E-state index in [4.69, 9.17) is 4.74 Å². The molecule has 0 bridgehead atoms. The average molecular weight is 525 g/mol. The summed E-state index contributed by atoms with van der Waals surface area (Å²) in [6.45, 7) is 4.37. The molecule has 2 N–H and O–H groups in total. The van der Waals surface area contributed by atoms with Gasteiger partial charge in [0.2, 0.25) is 10.0 Å². The Hall–Kier alpha value is -2.63. The average Bonchev–Trinajstić information content (AvgIpc) is 3.18. The van der Waals surface area contributed by atoms with Crippen molar-refractivity contribution in [1.29, 1.82) is 0 Å². The predicted molar refractivity (Wildman–Crippen MR) is 136 cm³/mol. The number of ether oxygens (including phenoxy) is 2. The molecule has 0 saturated carbocycles. The molecule has 0 radical (unpaired) electrons. The third kappa shape index (κ3) is 6.74. The van der Waals surface area contributed by atoms with Gasteiger partial charge in [0.1, 0.15) is 5.75 Å². The van der Waals surface area contributed by atoms with Crippen molar-refractivity contribution in [2.45, 2.75) is 45.6 Å². The number of anilines is 1. The molecule has 35 heavy (non-hydrogen) atoms. The molecule has 1 aromatic carbocycles. The lowest BCUT2D eigenvalue weighted by atomic mass is 10.0. The molecule has 1 fully saturated rings. The summed E-state index contributed by atoms with van der Waals surface area (Å²) in [6, 6.07) is 7.79. The Morgan fingerprint density at radius 1 is 1.26 bits per heavy atom. The molecule has 1 saturated heterocycles. The molecular weight excluding hydrogens is 492 g/mol. The Morgan fingerprint density at radius 3 is 2.60 bits per heavy atom. The lowest BCUT2D eigenvalue weighted by molar-refractivity contribution is -0.142. The Bertz CT molecular complexity index is 1150. The molecule has 1 aliphatic heterocycles. The fraction of sp³-hybridized carbons (Fsp3) is 0.500. The number of unbranched alkanes of at least 4 members (excludes halogenated alkanes) is 1. The van der Waals surface area contributed by atoms with Crippen LogP contribution < -0.4 is 10.1 Å². The van der Waals surface area contributed by atoms with E-state index < -0.39 is 22.0 Å². The number of aromatic carboxylic acids is 1. The van der Waals surface area contributed by atoms with Gasteiger partial charge < -0.3 is 19.9 Å². The predicted octanol–water partition coefficient (Wildman–Crippen LogP) is 3.98. The minimum absolute atomic E-state index is 0.0245. The lowest BCUT2D eigenvalue weighted by Crippen LogP contribution is -2.43. The van der Waals surface area contributed by atoms with Gasteiger partial charge >= 0.3 is 11.9 Å². The molecule has 9 nitrogen and oxygen atoms in total. The van der Waals surface area contributed by atoms with Crippen molar-refractivity contribution >= 4 is 39.0 Å². The first kappa shape index (κ1) is 27.0. The van der Waals surface area contributed by atoms with Gasteiger partial charge in [0.15, 0.2) is 11.5 Å². The zero-order valence-electron chi connectivity index (χ0n) is 20.2. The summed E-state index contributed by atoms with van der Waals surface area (Å²) in [5.74, 6) is -1.35. The molecule has 192 valence electrons. The molecule has 1 aliphatic rings. The maximum Gasteiger partial charge on any atom is 0.349 e. The second-order valence-electron chi connectivity index (χ2n) is 8.45. The van der Waals surface area contributed by atoms with Gasteiger partial charge in [-0.1, -0.05) is 25.5 Å². The quantitative estimate of drug-likeness (QED) is 0.423. The summed E-state index contributed by atoms with van der Waals surface area (Å²) in [5.41, 5.74) is 2.34. The Labute approximate surface area is 210 Å². The molecule has 0 spiro atoms. The fourth-order valence-electron chi connectivity index (χ4n) is 4.00. The number of methoxy groups -OCH3 is 1. The molecule has 0 amide bonds. The van der Waals surface area contributed by atoms with Crippen molar-refractivity contribution in [2.24, 2.45) is 0 Å². The maximum atomic E-state index is 12.5. The molecule has 2 aromatic rings. The normalized spacial score (nSPS) is 15.1. The van der Waals surface area contributed by atoms with E-state index in [0.29, 0.717) is 37.9 Å². The van der Waals surface area contributed by atoms with Gasteiger partial charge in [-0.25, -0.2) is 22.3 Å². The second-order valence-corrected chi connectivity index (χ2v) is 11.6. The number of carbonyl (C=O) groups excluding carboxylic acids is 1. The zero-order valence-corrected chi connectivity index (χ0v) is 21.8. The van der Waals surface area contributed by atoms with E-state index in [1.165, 1.54) is 7.11 Å². The molecule has 0 unspecified atom stereocenters. The van der Waals surface area contributed by atoms with Crippen molar-refractivity contribution < 1.29 is 32.6 Å². The molecular formula is C24H32N2O7S2. The first-order valence-corrected chi connectivity index (χ1v) is 14.0. The Balaban J connectivity index is 1.72. The van der Waals surface area contributed by atoms with Crippen molar-refractivity contribution in [1.82, 2.24) is 4.31 Å². The molecule has 0 aliphatic carbocycles. The highest BCUT2D eigenvalue weighted by Gasteiger charge is 2.28. The summed E-state index contributed by atoms with van der Waals surface area (Å²) in [4.78, 5) is 24.0. The molecule has 11 heteroatoms. The maximum absolute atomic E-state index is 12.5. The van der Waals surface area contributed by atoms with Crippen molar-refractivity contribution in [3.63, 3.8) is 0 Å². The molecule has 0 atom stereocenters. The largest absolute Gasteiger partial charge is 0.480 e. The number of hydrogen-bond donors (Lipinski definition) is 2. The molecule has 3 rings (SSSR count). The van der Waals surface area contributed by atoms with Crippen LogP contribution in [0.3, 0.4) is 0 Å². The van der Waals surface area contributed by atoms with Crippen LogP contribution in [0.1, 0.15) is 47.8 Å². The number of esters is 1. The number of piperidine rings is 1. The Kier molecular flexibility index (Phi) is 9.15. The van der Waals surface area contributed by atoms with Gasteiger partial charge in [0, 0.05) is 35.3 Å². The van der Waals surface area contributed by atoms with E-state index in [9.17, 15) is 23.1 Å². The number of carboxylic acid groups (broad SMARTS) is 1. The van der Waals surface area contributed by atoms with Crippen LogP contribution in [0.5, 0.6) is 5.75 Å². The number of thiophene rings is 1. The first-order chi connectivity index (χ1) is 16.7. The monoisotopic (exact) mass is 524 g/mol. The number of hydrogen-bond acceptors (Lipinski definition) is 8. The van der Waals surface area contributed by atoms with Crippen LogP contribution in [-0.4, -0.2) is 68.4 Å². The van der Waals surface area contributed by atoms with Crippen LogP contribution in [0, 0.1) is 6.92 Å². The van der Waals surface area contributed by atoms with E-state index in [0.717, 1.165) is 33.9 Å². The number of rotatable bonds is 11. The third-order valence-corrected chi connectivity index (χ3v) is 9.21. The number of carbonyl (C=O) groups is 2. The standard InChI is InChI=1S/C24H32N2O7S2/c1-4-5-13-35(30,31)26-11-9-18(10-12-26)25-19-8-6-7-17(14-19)22-16(2)21(23(34-22)24(28)29)33-15-20(27)32-3/h6-8,14,18,25H,4-5,9-13,15H2,1-3H3,(H,28,29). The summed E-state index contributed by atoms with van der Waals surface area (Å²) in [5, 5.41) is 13.1. The number of nitrogens with zero attached hydrogens (tertiary/aromatic N) is 1. The fourth-order valence-corrected chi connectivity index (χ4v) is 6.76. The highest BCUT2D eigenvalue weighted by atomic mass is 32.2. The van der Waals surface area contributed by atoms with Crippen LogP contribution in [0.25, 0.3) is 10.4 Å². The topological polar surface area (TPSA) is 122 Å². The van der Waals surface area contributed by atoms with E-state index in [1.807, 2.05) is 31.2 Å². The third-order valence-electron chi connectivity index (χ3n) is 5.95. The Morgan fingerprint density at radius 2 is 1.97 bits per heavy atom. The van der Waals surface area contributed by atoms with Gasteiger partial charge in [-0.05, 0) is 43.9 Å². The van der Waals surface area contributed by atoms with E-state index in [1.54, 1.807) is 11.2 Å². The minimum Gasteiger partial charge on any atom is -0.480 e. The van der Waals surface area contributed by atoms with E-state index in [2.05, 4.69) is 10.1 Å². The minimum atomic E-state index is -3.19. The summed E-state index contributed by atoms with van der Waals surface area (Å²) < 4.78 is 36.6. The lowest BCUT2D eigenvalue weighted by Gasteiger charge is -2.32. The number of nitrogens with one attached hydrogen (secondary N) is 1. The summed E-state index contributed by atoms with van der Waals surface area (Å²) in [6.07, 6.45) is 2.95. The van der Waals surface area contributed by atoms with Crippen molar-refractivity contribution in [3.8, 4) is 16.2 Å². The van der Waals surface area contributed by atoms with E-state index >= 15 is 0 Å². The highest BCUT2D eigenvalue weighted by Crippen LogP contribution is 2.42. The summed E-state index contributed by atoms with van der Waals surface area (Å²) in [7, 11) is -1.95. The van der Waals surface area contributed by atoms with Crippen LogP contribution in [-0.2, 0) is 19.6 Å². The highest BCUT2D eigenvalue weighted by molar-refractivity contribution is 7.89. The van der Waals surface area contributed by atoms with Crippen molar-refractivity contribution in [2.75, 3.05) is 37.9 Å². The van der Waals surface area contributed by atoms with Gasteiger partial charge in [-0.15, -0.1) is 11.3 Å². The van der Waals surface area contributed by atoms with Gasteiger partial charge in [-0.3, -0.25) is 0 Å². The smallest absolute Gasteiger partial charge is 0.349 e. The van der Waals surface area contributed by atoms with Gasteiger partial charge in [0.05, 0.1) is 12.9 Å². The van der Waals surface area contributed by atoms with Crippen molar-refractivity contribution in [3.05, 3.63) is 34.7 Å². The first-order valence-electron chi connectivity index (χ1n) is 11.6. The number of benzene rings is 1. The molecule has 2 heterocycles. The zero-order chi connectivity index (χ0) is 25.6. The van der Waals surface area contributed by atoms with Gasteiger partial charge in [0.25, 0.3) is 0 Å². The molecule has 1 aromatic heterocycles. The summed E-state index contributed by atoms with van der Waals surface area (Å²) >= 11 is 1.09. The van der Waals surface area contributed by atoms with E-state index in [-0.39, 0.29) is 29.0 Å². The number of carboxylic acids is 1. The van der Waals surface area contributed by atoms with Crippen LogP contribution in [0.4, 0.5) is 5.69 Å². The van der Waals surface area contributed by atoms with Crippen LogP contribution >= 0.6 is 11.3 Å². The van der Waals surface area contributed by atoms with Gasteiger partial charge in [-0.2, -0.15) is 0 Å².